The third kappa shape index (κ3) is 5.70. The number of amides is 2. The van der Waals surface area contributed by atoms with Crippen LogP contribution in [0.1, 0.15) is 22.8 Å². The zero-order valence-corrected chi connectivity index (χ0v) is 20.9. The average molecular weight is 517 g/mol. The van der Waals surface area contributed by atoms with Crippen molar-refractivity contribution in [1.82, 2.24) is 35.6 Å². The lowest BCUT2D eigenvalue weighted by Gasteiger charge is -2.28. The molecule has 12 heteroatoms. The Labute approximate surface area is 218 Å². The number of aromatic hydroxyl groups is 1. The molecule has 1 saturated heterocycles. The van der Waals surface area contributed by atoms with Gasteiger partial charge in [0.15, 0.2) is 22.8 Å². The highest BCUT2D eigenvalue weighted by Crippen LogP contribution is 2.28. The van der Waals surface area contributed by atoms with Gasteiger partial charge >= 0.3 is 0 Å². The van der Waals surface area contributed by atoms with Crippen LogP contribution in [0.5, 0.6) is 5.75 Å². The molecule has 1 aliphatic rings. The molecule has 1 fully saturated rings. The summed E-state index contributed by atoms with van der Waals surface area (Å²) in [5.74, 6) is 0.913. The monoisotopic (exact) mass is 516 g/mol. The predicted molar refractivity (Wildman–Crippen MR) is 140 cm³/mol. The van der Waals surface area contributed by atoms with Gasteiger partial charge in [0.05, 0.1) is 19.8 Å². The van der Waals surface area contributed by atoms with Gasteiger partial charge in [0.1, 0.15) is 5.75 Å². The molecule has 0 spiro atoms. The first kappa shape index (κ1) is 25.1. The van der Waals surface area contributed by atoms with Gasteiger partial charge in [0, 0.05) is 44.2 Å². The fourth-order valence-electron chi connectivity index (χ4n) is 4.17. The quantitative estimate of drug-likeness (QED) is 0.295. The summed E-state index contributed by atoms with van der Waals surface area (Å²) in [5.41, 5.74) is 3.27. The fourth-order valence-corrected chi connectivity index (χ4v) is 4.17. The molecule has 3 heterocycles. The van der Waals surface area contributed by atoms with Crippen molar-refractivity contribution >= 4 is 28.8 Å². The number of aromatic nitrogens is 5. The van der Waals surface area contributed by atoms with E-state index in [9.17, 15) is 14.7 Å². The minimum absolute atomic E-state index is 0.130. The van der Waals surface area contributed by atoms with Crippen molar-refractivity contribution in [2.45, 2.75) is 13.5 Å². The van der Waals surface area contributed by atoms with Gasteiger partial charge in [-0.1, -0.05) is 29.5 Å². The molecule has 0 radical (unpaired) electrons. The first-order valence-corrected chi connectivity index (χ1v) is 12.3. The molecule has 38 heavy (non-hydrogen) atoms. The van der Waals surface area contributed by atoms with Crippen molar-refractivity contribution in [2.75, 3.05) is 44.3 Å². The van der Waals surface area contributed by atoms with E-state index >= 15 is 0 Å². The van der Waals surface area contributed by atoms with Crippen LogP contribution < -0.4 is 15.5 Å². The van der Waals surface area contributed by atoms with Crippen LogP contribution in [0.25, 0.3) is 22.6 Å². The highest BCUT2D eigenvalue weighted by atomic mass is 16.5. The number of anilines is 1. The third-order valence-corrected chi connectivity index (χ3v) is 6.09. The summed E-state index contributed by atoms with van der Waals surface area (Å²) in [4.78, 5) is 35.0. The summed E-state index contributed by atoms with van der Waals surface area (Å²) >= 11 is 0. The number of nitrogens with one attached hydrogen (secondary N) is 2. The van der Waals surface area contributed by atoms with E-state index in [1.807, 2.05) is 18.2 Å². The van der Waals surface area contributed by atoms with Crippen LogP contribution in [0.3, 0.4) is 0 Å². The molecular weight excluding hydrogens is 488 g/mol. The summed E-state index contributed by atoms with van der Waals surface area (Å²) in [7, 11) is 0. The number of rotatable bonds is 8. The lowest BCUT2D eigenvalue weighted by Crippen LogP contribution is -2.37. The minimum Gasteiger partial charge on any atom is -0.508 e. The number of morpholine rings is 1. The van der Waals surface area contributed by atoms with Crippen molar-refractivity contribution < 1.29 is 19.4 Å². The number of phenolic OH excluding ortho intramolecular Hbond substituents is 1. The van der Waals surface area contributed by atoms with E-state index in [4.69, 9.17) is 14.7 Å². The lowest BCUT2D eigenvalue weighted by molar-refractivity contribution is -0.118. The van der Waals surface area contributed by atoms with Crippen LogP contribution in [-0.4, -0.2) is 81.3 Å². The number of nitrogens with zero attached hydrogens (tertiary/aromatic N) is 6. The van der Waals surface area contributed by atoms with Gasteiger partial charge in [0.2, 0.25) is 5.91 Å². The average Bonchev–Trinajstić information content (AvgIpc) is 3.33. The van der Waals surface area contributed by atoms with Gasteiger partial charge in [-0.3, -0.25) is 9.59 Å². The standard InChI is InChI=1S/C26H28N8O4/c1-17(35)27-9-10-28-26(37)19-7-5-18(6-8-19)16-34-25-22(31-32-34)24(33-11-13-38-14-12-33)29-23(30-25)20-3-2-4-21(36)15-20/h2-8,15,36H,9-14,16H2,1H3,(H,27,35)(H,28,37). The topological polar surface area (TPSA) is 147 Å². The van der Waals surface area contributed by atoms with Gasteiger partial charge in [-0.05, 0) is 29.8 Å². The van der Waals surface area contributed by atoms with E-state index in [1.165, 1.54) is 6.92 Å². The fraction of sp³-hybridized carbons (Fsp3) is 0.308. The molecule has 2 aromatic carbocycles. The molecule has 0 saturated carbocycles. The second kappa shape index (κ2) is 11.2. The Bertz CT molecular complexity index is 1450. The molecular formula is C26H28N8O4. The Balaban J connectivity index is 1.40. The Morgan fingerprint density at radius 1 is 1.03 bits per heavy atom. The maximum Gasteiger partial charge on any atom is 0.251 e. The molecule has 1 aliphatic heterocycles. The van der Waals surface area contributed by atoms with E-state index < -0.39 is 0 Å². The number of fused-ring (bicyclic) bond motifs is 1. The third-order valence-electron chi connectivity index (χ3n) is 6.09. The molecule has 0 unspecified atom stereocenters. The molecule has 0 atom stereocenters. The Hall–Kier alpha value is -4.58. The van der Waals surface area contributed by atoms with E-state index in [2.05, 4.69) is 25.8 Å². The van der Waals surface area contributed by atoms with Crippen molar-refractivity contribution in [3.05, 3.63) is 59.7 Å². The summed E-state index contributed by atoms with van der Waals surface area (Å²) in [6, 6.07) is 14.0. The van der Waals surface area contributed by atoms with Crippen LogP contribution in [0.2, 0.25) is 0 Å². The molecule has 2 aromatic heterocycles. The SMILES string of the molecule is CC(=O)NCCNC(=O)c1ccc(Cn2nnc3c(N4CCOCC4)nc(-c4cccc(O)c4)nc32)cc1. The lowest BCUT2D eigenvalue weighted by atomic mass is 10.1. The van der Waals surface area contributed by atoms with Gasteiger partial charge in [-0.25, -0.2) is 14.6 Å². The normalized spacial score (nSPS) is 13.4. The molecule has 2 amide bonds. The van der Waals surface area contributed by atoms with Crippen molar-refractivity contribution in [2.24, 2.45) is 0 Å². The first-order chi connectivity index (χ1) is 18.5. The van der Waals surface area contributed by atoms with Crippen molar-refractivity contribution in [3.63, 3.8) is 0 Å². The van der Waals surface area contributed by atoms with Crippen LogP contribution in [-0.2, 0) is 16.1 Å². The van der Waals surface area contributed by atoms with E-state index in [-0.39, 0.29) is 17.6 Å². The number of benzene rings is 2. The van der Waals surface area contributed by atoms with Gasteiger partial charge in [0.25, 0.3) is 5.91 Å². The van der Waals surface area contributed by atoms with E-state index in [0.717, 1.165) is 5.56 Å². The number of carbonyl (C=O) groups excluding carboxylic acids is 2. The molecule has 0 bridgehead atoms. The van der Waals surface area contributed by atoms with Gasteiger partial charge < -0.3 is 25.4 Å². The summed E-state index contributed by atoms with van der Waals surface area (Å²) in [6.45, 7) is 5.07. The van der Waals surface area contributed by atoms with Crippen molar-refractivity contribution in [3.8, 4) is 17.1 Å². The minimum atomic E-state index is -0.216. The highest BCUT2D eigenvalue weighted by Gasteiger charge is 2.22. The zero-order valence-electron chi connectivity index (χ0n) is 20.9. The van der Waals surface area contributed by atoms with Crippen molar-refractivity contribution in [1.29, 1.82) is 0 Å². The summed E-state index contributed by atoms with van der Waals surface area (Å²) in [5, 5.41) is 24.2. The predicted octanol–water partition coefficient (Wildman–Crippen LogP) is 1.34. The number of hydrogen-bond donors (Lipinski definition) is 3. The van der Waals surface area contributed by atoms with Crippen LogP contribution in [0.15, 0.2) is 48.5 Å². The molecule has 196 valence electrons. The maximum absolute atomic E-state index is 12.4. The number of ether oxygens (including phenoxy) is 1. The smallest absolute Gasteiger partial charge is 0.251 e. The summed E-state index contributed by atoms with van der Waals surface area (Å²) in [6.07, 6.45) is 0. The van der Waals surface area contributed by atoms with Crippen LogP contribution in [0, 0.1) is 0 Å². The molecule has 12 nitrogen and oxygen atoms in total. The second-order valence-corrected chi connectivity index (χ2v) is 8.88. The molecule has 4 aromatic rings. The summed E-state index contributed by atoms with van der Waals surface area (Å²) < 4.78 is 7.21. The number of carbonyl (C=O) groups is 2. The van der Waals surface area contributed by atoms with Gasteiger partial charge in [-0.2, -0.15) is 0 Å². The zero-order chi connectivity index (χ0) is 26.5. The highest BCUT2D eigenvalue weighted by molar-refractivity contribution is 5.94. The van der Waals surface area contributed by atoms with Crippen LogP contribution >= 0.6 is 0 Å². The Morgan fingerprint density at radius 3 is 2.53 bits per heavy atom. The largest absolute Gasteiger partial charge is 0.508 e. The molecule has 5 rings (SSSR count). The Morgan fingerprint density at radius 2 is 1.79 bits per heavy atom. The molecule has 0 aliphatic carbocycles. The maximum atomic E-state index is 12.4. The van der Waals surface area contributed by atoms with E-state index in [0.29, 0.717) is 79.9 Å². The first-order valence-electron chi connectivity index (χ1n) is 12.3. The van der Waals surface area contributed by atoms with Gasteiger partial charge in [-0.15, -0.1) is 5.10 Å². The van der Waals surface area contributed by atoms with E-state index in [1.54, 1.807) is 35.0 Å². The molecule has 3 N–H and O–H groups in total. The number of phenols is 1. The van der Waals surface area contributed by atoms with Crippen LogP contribution in [0.4, 0.5) is 5.82 Å². The number of hydrogen-bond acceptors (Lipinski definition) is 9. The Kier molecular flexibility index (Phi) is 7.40. The second-order valence-electron chi connectivity index (χ2n) is 8.88.